The standard InChI is InChI=1S/C22H21N7O5S2/c1-2-34-27-15(13-10-36-22(23)25-13)18(30)26-16-19(31)29-17(21(32)33)12(9-35-20(16)29)7-11-8-24-28-6-4-3-5-14(11)28/h3-6,8,10,16,20H,2,7,9H2,1H3,(H4,23,25,26,30,32,33)/p+1/b27-15-/t16-,20+/m1/s1. The number of carboxylic acids is 1. The number of rotatable bonds is 8. The smallest absolute Gasteiger partial charge is 0.352 e. The number of carbonyl (C=O) groups excluding carboxylic acids is 2. The van der Waals surface area contributed by atoms with E-state index in [4.69, 9.17) is 10.6 Å². The number of hydrogen-bond donors (Lipinski definition) is 4. The van der Waals surface area contributed by atoms with Gasteiger partial charge in [-0.3, -0.25) is 14.5 Å². The van der Waals surface area contributed by atoms with Crippen molar-refractivity contribution in [1.29, 1.82) is 0 Å². The highest BCUT2D eigenvalue weighted by Gasteiger charge is 2.54. The van der Waals surface area contributed by atoms with E-state index in [1.165, 1.54) is 16.7 Å². The Hall–Kier alpha value is -3.91. The van der Waals surface area contributed by atoms with Crippen LogP contribution in [0.1, 0.15) is 18.2 Å². The predicted octanol–water partition coefficient (Wildman–Crippen LogP) is 0.514. The number of aromatic nitrogens is 3. The van der Waals surface area contributed by atoms with Gasteiger partial charge in [-0.1, -0.05) is 9.67 Å². The quantitative estimate of drug-likeness (QED) is 0.142. The maximum Gasteiger partial charge on any atom is 0.352 e. The van der Waals surface area contributed by atoms with Crippen LogP contribution in [0.3, 0.4) is 0 Å². The first kappa shape index (κ1) is 23.8. The fourth-order valence-corrected chi connectivity index (χ4v) is 6.06. The van der Waals surface area contributed by atoms with Gasteiger partial charge in [0, 0.05) is 29.7 Å². The summed E-state index contributed by atoms with van der Waals surface area (Å²) in [5.74, 6) is -1.95. The maximum absolute atomic E-state index is 13.1. The van der Waals surface area contributed by atoms with E-state index in [1.54, 1.807) is 12.3 Å². The Balaban J connectivity index is 1.37. The van der Waals surface area contributed by atoms with Gasteiger partial charge in [0.15, 0.2) is 17.0 Å². The third-order valence-corrected chi connectivity index (χ3v) is 7.79. The van der Waals surface area contributed by atoms with Gasteiger partial charge in [-0.25, -0.2) is 9.78 Å². The first-order valence-corrected chi connectivity index (χ1v) is 12.9. The molecule has 14 heteroatoms. The zero-order valence-electron chi connectivity index (χ0n) is 19.0. The highest BCUT2D eigenvalue weighted by Crippen LogP contribution is 2.41. The molecule has 1 saturated heterocycles. The Morgan fingerprint density at radius 3 is 3.00 bits per heavy atom. The number of aromatic amines is 1. The summed E-state index contributed by atoms with van der Waals surface area (Å²) in [5.41, 5.74) is 8.23. The van der Waals surface area contributed by atoms with Crippen molar-refractivity contribution in [3.05, 3.63) is 58.5 Å². The van der Waals surface area contributed by atoms with E-state index in [9.17, 15) is 19.5 Å². The summed E-state index contributed by atoms with van der Waals surface area (Å²) in [4.78, 5) is 48.6. The Morgan fingerprint density at radius 1 is 1.44 bits per heavy atom. The number of pyridine rings is 1. The summed E-state index contributed by atoms with van der Waals surface area (Å²) in [6, 6.07) is 4.81. The largest absolute Gasteiger partial charge is 0.477 e. The molecule has 12 nitrogen and oxygen atoms in total. The van der Waals surface area contributed by atoms with Gasteiger partial charge in [-0.05, 0) is 18.6 Å². The Morgan fingerprint density at radius 2 is 2.28 bits per heavy atom. The molecule has 0 bridgehead atoms. The molecule has 0 radical (unpaired) electrons. The van der Waals surface area contributed by atoms with E-state index in [2.05, 4.69) is 20.6 Å². The van der Waals surface area contributed by atoms with Crippen LogP contribution in [0, 0.1) is 0 Å². The molecular weight excluding hydrogens is 506 g/mol. The predicted molar refractivity (Wildman–Crippen MR) is 132 cm³/mol. The molecule has 2 atom stereocenters. The van der Waals surface area contributed by atoms with Gasteiger partial charge in [0.1, 0.15) is 29.4 Å². The number of amides is 2. The first-order valence-electron chi connectivity index (χ1n) is 11.0. The van der Waals surface area contributed by atoms with E-state index in [-0.39, 0.29) is 28.8 Å². The van der Waals surface area contributed by atoms with Gasteiger partial charge in [-0.15, -0.1) is 23.1 Å². The summed E-state index contributed by atoms with van der Waals surface area (Å²) < 4.78 is 1.84. The average molecular weight is 529 g/mol. The SMILES string of the molecule is CCO/N=C(\C(=O)N[C@@H]1C(=O)N2C(C(=O)O)=C(Cc3c[nH][n+]4ccccc34)CS[C@@H]12)c1csc(N)n1. The van der Waals surface area contributed by atoms with Crippen molar-refractivity contribution in [2.75, 3.05) is 18.1 Å². The third-order valence-electron chi connectivity index (χ3n) is 5.77. The number of carboxylic acid groups (broad SMARTS) is 1. The first-order chi connectivity index (χ1) is 17.4. The summed E-state index contributed by atoms with van der Waals surface area (Å²) in [6.45, 7) is 1.95. The molecule has 2 aliphatic heterocycles. The molecule has 2 amide bonds. The van der Waals surface area contributed by atoms with Crippen LogP contribution in [0.25, 0.3) is 5.52 Å². The van der Waals surface area contributed by atoms with E-state index in [0.717, 1.165) is 22.4 Å². The fourth-order valence-electron chi connectivity index (χ4n) is 4.17. The third kappa shape index (κ3) is 4.18. The van der Waals surface area contributed by atoms with Gasteiger partial charge < -0.3 is 21.0 Å². The van der Waals surface area contributed by atoms with Gasteiger partial charge in [0.05, 0.1) is 11.8 Å². The van der Waals surface area contributed by atoms with Crippen molar-refractivity contribution in [2.24, 2.45) is 5.16 Å². The molecule has 0 unspecified atom stereocenters. The number of nitrogens with two attached hydrogens (primary N) is 1. The molecular formula is C22H22N7O5S2+. The lowest BCUT2D eigenvalue weighted by Gasteiger charge is -2.49. The topological polar surface area (TPSA) is 167 Å². The molecule has 0 saturated carbocycles. The number of nitrogen functional groups attached to an aromatic ring is 1. The Labute approximate surface area is 212 Å². The second-order valence-corrected chi connectivity index (χ2v) is 9.97. The summed E-state index contributed by atoms with van der Waals surface area (Å²) in [5, 5.41) is 20.9. The number of aliphatic carboxylic acids is 1. The minimum Gasteiger partial charge on any atom is -0.477 e. The van der Waals surface area contributed by atoms with Crippen LogP contribution < -0.4 is 15.6 Å². The Kier molecular flexibility index (Phi) is 6.36. The molecule has 3 aromatic heterocycles. The molecule has 2 aliphatic rings. The molecule has 0 aliphatic carbocycles. The normalized spacial score (nSPS) is 19.8. The second-order valence-electron chi connectivity index (χ2n) is 7.98. The lowest BCUT2D eigenvalue weighted by atomic mass is 9.99. The second kappa shape index (κ2) is 9.62. The van der Waals surface area contributed by atoms with E-state index in [0.29, 0.717) is 17.7 Å². The fraction of sp³-hybridized carbons (Fsp3) is 0.273. The monoisotopic (exact) mass is 528 g/mol. The van der Waals surface area contributed by atoms with Crippen molar-refractivity contribution >= 4 is 57.2 Å². The van der Waals surface area contributed by atoms with Gasteiger partial charge >= 0.3 is 5.97 Å². The number of fused-ring (bicyclic) bond motifs is 2. The van der Waals surface area contributed by atoms with Crippen LogP contribution in [0.5, 0.6) is 0 Å². The van der Waals surface area contributed by atoms with Crippen molar-refractivity contribution in [3.63, 3.8) is 0 Å². The summed E-state index contributed by atoms with van der Waals surface area (Å²) >= 11 is 2.54. The minimum absolute atomic E-state index is 0.0417. The minimum atomic E-state index is -1.18. The molecule has 186 valence electrons. The molecule has 0 aromatic carbocycles. The maximum atomic E-state index is 13.1. The number of thioether (sulfide) groups is 1. The number of hydrogen-bond acceptors (Lipinski definition) is 9. The number of anilines is 1. The lowest BCUT2D eigenvalue weighted by molar-refractivity contribution is -0.576. The van der Waals surface area contributed by atoms with Crippen LogP contribution in [0.15, 0.2) is 52.4 Å². The van der Waals surface area contributed by atoms with Crippen molar-refractivity contribution < 1.29 is 28.8 Å². The van der Waals surface area contributed by atoms with Crippen LogP contribution in [-0.4, -0.2) is 67.4 Å². The number of nitrogens with one attached hydrogen (secondary N) is 2. The molecule has 0 spiro atoms. The van der Waals surface area contributed by atoms with Crippen LogP contribution >= 0.6 is 23.1 Å². The van der Waals surface area contributed by atoms with Gasteiger partial charge in [0.2, 0.25) is 5.52 Å². The zero-order valence-corrected chi connectivity index (χ0v) is 20.6. The van der Waals surface area contributed by atoms with Gasteiger partial charge in [-0.2, -0.15) is 5.10 Å². The number of carbonyl (C=O) groups is 3. The van der Waals surface area contributed by atoms with E-state index in [1.807, 2.05) is 35.1 Å². The highest BCUT2D eigenvalue weighted by atomic mass is 32.2. The summed E-state index contributed by atoms with van der Waals surface area (Å²) in [6.07, 6.45) is 4.06. The average Bonchev–Trinajstić information content (AvgIpc) is 3.48. The molecule has 36 heavy (non-hydrogen) atoms. The molecule has 3 aromatic rings. The molecule has 5 rings (SSSR count). The summed E-state index contributed by atoms with van der Waals surface area (Å²) in [7, 11) is 0. The lowest BCUT2D eigenvalue weighted by Crippen LogP contribution is -2.71. The van der Waals surface area contributed by atoms with Crippen LogP contribution in [0.2, 0.25) is 0 Å². The number of β-lactam (4-membered cyclic amide) rings is 1. The van der Waals surface area contributed by atoms with Crippen LogP contribution in [0.4, 0.5) is 5.13 Å². The van der Waals surface area contributed by atoms with Crippen molar-refractivity contribution in [3.8, 4) is 0 Å². The molecule has 1 fully saturated rings. The number of thiazole rings is 1. The van der Waals surface area contributed by atoms with Crippen molar-refractivity contribution in [2.45, 2.75) is 24.8 Å². The number of oxime groups is 1. The Bertz CT molecular complexity index is 1430. The number of nitrogens with zero attached hydrogens (tertiary/aromatic N) is 4. The highest BCUT2D eigenvalue weighted by molar-refractivity contribution is 8.00. The zero-order chi connectivity index (χ0) is 25.4. The number of H-pyrrole nitrogens is 1. The molecule has 5 heterocycles. The van der Waals surface area contributed by atoms with Crippen molar-refractivity contribution in [1.82, 2.24) is 20.3 Å². The van der Waals surface area contributed by atoms with E-state index >= 15 is 0 Å². The van der Waals surface area contributed by atoms with E-state index < -0.39 is 29.2 Å². The van der Waals surface area contributed by atoms with Crippen LogP contribution in [-0.2, 0) is 25.6 Å². The molecule has 5 N–H and O–H groups in total. The van der Waals surface area contributed by atoms with Gasteiger partial charge in [0.25, 0.3) is 11.8 Å².